The molecule has 1 N–H and O–H groups in total. The SMILES string of the molecule is O=[N+]([O-])c1ccc(-c2cc(-c3ccc(O)c(C45CC6CC(CC(C6)C4)C5)c3)on2)cc1. The third-order valence-corrected chi connectivity index (χ3v) is 7.77. The summed E-state index contributed by atoms with van der Waals surface area (Å²) >= 11 is 0. The van der Waals surface area contributed by atoms with E-state index in [0.29, 0.717) is 17.2 Å². The van der Waals surface area contributed by atoms with E-state index in [9.17, 15) is 15.2 Å². The highest BCUT2D eigenvalue weighted by Crippen LogP contribution is 2.62. The lowest BCUT2D eigenvalue weighted by atomic mass is 9.48. The van der Waals surface area contributed by atoms with Gasteiger partial charge >= 0.3 is 0 Å². The summed E-state index contributed by atoms with van der Waals surface area (Å²) in [5.74, 6) is 3.43. The van der Waals surface area contributed by atoms with Gasteiger partial charge in [-0.1, -0.05) is 5.16 Å². The molecule has 4 bridgehead atoms. The van der Waals surface area contributed by atoms with Crippen LogP contribution in [0.5, 0.6) is 5.75 Å². The maximum atomic E-state index is 10.9. The quantitative estimate of drug-likeness (QED) is 0.410. The fourth-order valence-electron chi connectivity index (χ4n) is 6.86. The first kappa shape index (κ1) is 18.6. The van der Waals surface area contributed by atoms with Gasteiger partial charge in [-0.15, -0.1) is 0 Å². The zero-order valence-electron chi connectivity index (χ0n) is 17.2. The molecule has 0 radical (unpaired) electrons. The Morgan fingerprint density at radius 2 is 1.55 bits per heavy atom. The maximum Gasteiger partial charge on any atom is 0.269 e. The van der Waals surface area contributed by atoms with Gasteiger partial charge in [0, 0.05) is 34.9 Å². The van der Waals surface area contributed by atoms with Crippen molar-refractivity contribution in [1.29, 1.82) is 0 Å². The van der Waals surface area contributed by atoms with E-state index in [2.05, 4.69) is 11.2 Å². The molecule has 158 valence electrons. The van der Waals surface area contributed by atoms with Crippen LogP contribution in [0.1, 0.15) is 44.1 Å². The fourth-order valence-corrected chi connectivity index (χ4v) is 6.86. The topological polar surface area (TPSA) is 89.4 Å². The number of benzene rings is 2. The zero-order chi connectivity index (χ0) is 21.2. The lowest BCUT2D eigenvalue weighted by Crippen LogP contribution is -2.48. The van der Waals surface area contributed by atoms with Gasteiger partial charge in [-0.2, -0.15) is 0 Å². The first-order valence-corrected chi connectivity index (χ1v) is 11.0. The first-order chi connectivity index (χ1) is 15.0. The van der Waals surface area contributed by atoms with Crippen LogP contribution < -0.4 is 0 Å². The summed E-state index contributed by atoms with van der Waals surface area (Å²) in [6.07, 6.45) is 7.63. The summed E-state index contributed by atoms with van der Waals surface area (Å²) in [6, 6.07) is 13.9. The van der Waals surface area contributed by atoms with Crippen LogP contribution in [0.15, 0.2) is 53.1 Å². The van der Waals surface area contributed by atoms with Crippen molar-refractivity contribution in [2.75, 3.05) is 0 Å². The highest BCUT2D eigenvalue weighted by Gasteiger charge is 2.52. The number of nitro benzene ring substituents is 1. The van der Waals surface area contributed by atoms with E-state index in [4.69, 9.17) is 4.52 Å². The molecule has 6 nitrogen and oxygen atoms in total. The highest BCUT2D eigenvalue weighted by atomic mass is 16.6. The second-order valence-electron chi connectivity index (χ2n) is 9.81. The molecular formula is C25H24N2O4. The summed E-state index contributed by atoms with van der Waals surface area (Å²) < 4.78 is 5.63. The lowest BCUT2D eigenvalue weighted by Gasteiger charge is -2.57. The van der Waals surface area contributed by atoms with Crippen molar-refractivity contribution >= 4 is 5.69 Å². The van der Waals surface area contributed by atoms with Crippen LogP contribution in [-0.4, -0.2) is 15.2 Å². The number of aromatic nitrogens is 1. The fraction of sp³-hybridized carbons (Fsp3) is 0.400. The summed E-state index contributed by atoms with van der Waals surface area (Å²) in [4.78, 5) is 10.5. The number of non-ortho nitro benzene ring substituents is 1. The van der Waals surface area contributed by atoms with Crippen molar-refractivity contribution in [2.24, 2.45) is 17.8 Å². The van der Waals surface area contributed by atoms with Gasteiger partial charge in [0.25, 0.3) is 5.69 Å². The van der Waals surface area contributed by atoms with E-state index in [1.165, 1.54) is 50.7 Å². The number of nitro groups is 1. The Balaban J connectivity index is 1.34. The maximum absolute atomic E-state index is 10.9. The molecule has 0 amide bonds. The van der Waals surface area contributed by atoms with Gasteiger partial charge in [0.2, 0.25) is 0 Å². The van der Waals surface area contributed by atoms with Crippen LogP contribution in [0, 0.1) is 27.9 Å². The molecule has 4 fully saturated rings. The molecule has 6 heteroatoms. The third kappa shape index (κ3) is 3.04. The van der Waals surface area contributed by atoms with Crippen molar-refractivity contribution in [1.82, 2.24) is 5.16 Å². The highest BCUT2D eigenvalue weighted by molar-refractivity contribution is 5.69. The zero-order valence-corrected chi connectivity index (χ0v) is 17.2. The molecule has 31 heavy (non-hydrogen) atoms. The normalized spacial score (nSPS) is 28.7. The van der Waals surface area contributed by atoms with E-state index in [-0.39, 0.29) is 11.1 Å². The molecule has 1 aromatic heterocycles. The van der Waals surface area contributed by atoms with E-state index in [1.54, 1.807) is 18.2 Å². The second-order valence-corrected chi connectivity index (χ2v) is 9.81. The minimum atomic E-state index is -0.416. The number of aromatic hydroxyl groups is 1. The Morgan fingerprint density at radius 1 is 0.935 bits per heavy atom. The molecule has 0 atom stereocenters. The van der Waals surface area contributed by atoms with Gasteiger partial charge in [0.05, 0.1) is 4.92 Å². The minimum absolute atomic E-state index is 0.0474. The van der Waals surface area contributed by atoms with Gasteiger partial charge in [-0.05, 0) is 92.0 Å². The number of hydrogen-bond donors (Lipinski definition) is 1. The van der Waals surface area contributed by atoms with Crippen LogP contribution in [0.2, 0.25) is 0 Å². The van der Waals surface area contributed by atoms with Crippen LogP contribution in [-0.2, 0) is 5.41 Å². The van der Waals surface area contributed by atoms with Crippen molar-refractivity contribution < 1.29 is 14.6 Å². The van der Waals surface area contributed by atoms with Gasteiger partial charge in [0.1, 0.15) is 11.4 Å². The first-order valence-electron chi connectivity index (χ1n) is 11.0. The molecule has 0 spiro atoms. The molecule has 1 heterocycles. The Morgan fingerprint density at radius 3 is 2.16 bits per heavy atom. The standard InChI is InChI=1S/C25H24N2O4/c28-23-6-3-19(10-21(23)25-12-15-7-16(13-25)9-17(8-15)14-25)24-11-22(26-31-24)18-1-4-20(5-2-18)27(29)30/h1-6,10-11,15-17,28H,7-9,12-14H2. The number of hydrogen-bond acceptors (Lipinski definition) is 5. The average molecular weight is 416 g/mol. The van der Waals surface area contributed by atoms with E-state index >= 15 is 0 Å². The Kier molecular flexibility index (Phi) is 4.01. The van der Waals surface area contributed by atoms with Crippen molar-refractivity contribution in [3.63, 3.8) is 0 Å². The largest absolute Gasteiger partial charge is 0.508 e. The predicted molar refractivity (Wildman–Crippen MR) is 116 cm³/mol. The average Bonchev–Trinajstić information content (AvgIpc) is 3.23. The van der Waals surface area contributed by atoms with Crippen LogP contribution in [0.25, 0.3) is 22.6 Å². The Hall–Kier alpha value is -3.15. The van der Waals surface area contributed by atoms with Crippen molar-refractivity contribution in [2.45, 2.75) is 43.9 Å². The van der Waals surface area contributed by atoms with Crippen molar-refractivity contribution in [3.05, 3.63) is 64.2 Å². The van der Waals surface area contributed by atoms with Gasteiger partial charge in [0.15, 0.2) is 5.76 Å². The molecule has 4 saturated carbocycles. The number of phenolic OH excluding ortho intramolecular Hbond substituents is 1. The Labute approximate surface area is 180 Å². The molecule has 0 saturated heterocycles. The Bertz CT molecular complexity index is 1130. The van der Waals surface area contributed by atoms with Crippen LogP contribution in [0.4, 0.5) is 5.69 Å². The van der Waals surface area contributed by atoms with Gasteiger partial charge < -0.3 is 9.63 Å². The molecule has 7 rings (SSSR count). The van der Waals surface area contributed by atoms with E-state index in [1.807, 2.05) is 12.1 Å². The van der Waals surface area contributed by atoms with Crippen LogP contribution in [0.3, 0.4) is 0 Å². The molecule has 4 aliphatic carbocycles. The van der Waals surface area contributed by atoms with E-state index in [0.717, 1.165) is 34.4 Å². The van der Waals surface area contributed by atoms with Crippen molar-refractivity contribution in [3.8, 4) is 28.3 Å². The summed E-state index contributed by atoms with van der Waals surface area (Å²) in [7, 11) is 0. The monoisotopic (exact) mass is 416 g/mol. The molecular weight excluding hydrogens is 392 g/mol. The number of phenols is 1. The summed E-state index contributed by atoms with van der Waals surface area (Å²) in [5, 5.41) is 25.8. The summed E-state index contributed by atoms with van der Waals surface area (Å²) in [6.45, 7) is 0. The van der Waals surface area contributed by atoms with Crippen LogP contribution >= 0.6 is 0 Å². The molecule has 3 aromatic rings. The second kappa shape index (κ2) is 6.67. The number of nitrogens with zero attached hydrogens (tertiary/aromatic N) is 2. The molecule has 0 unspecified atom stereocenters. The third-order valence-electron chi connectivity index (χ3n) is 7.77. The lowest BCUT2D eigenvalue weighted by molar-refractivity contribution is -0.384. The molecule has 2 aromatic carbocycles. The van der Waals surface area contributed by atoms with E-state index < -0.39 is 4.92 Å². The summed E-state index contributed by atoms with van der Waals surface area (Å²) in [5.41, 5.74) is 3.51. The smallest absolute Gasteiger partial charge is 0.269 e. The molecule has 0 aliphatic heterocycles. The minimum Gasteiger partial charge on any atom is -0.508 e. The van der Waals surface area contributed by atoms with Gasteiger partial charge in [-0.25, -0.2) is 0 Å². The predicted octanol–water partition coefficient (Wildman–Crippen LogP) is 6.09. The molecule has 4 aliphatic rings. The van der Waals surface area contributed by atoms with Gasteiger partial charge in [-0.3, -0.25) is 10.1 Å². The number of rotatable bonds is 4.